The standard InChI is InChI=1S/C12H17NOS/c1-12(2)8-15-11(13-12)9-6-4-5-7-10(9)14-3/h4-7,11,13H,8H2,1-3H3. The summed E-state index contributed by atoms with van der Waals surface area (Å²) < 4.78 is 5.37. The van der Waals surface area contributed by atoms with Crippen molar-refractivity contribution in [1.29, 1.82) is 0 Å². The molecule has 2 rings (SSSR count). The summed E-state index contributed by atoms with van der Waals surface area (Å²) in [5, 5.41) is 3.96. The van der Waals surface area contributed by atoms with Crippen molar-refractivity contribution in [3.63, 3.8) is 0 Å². The molecule has 1 unspecified atom stereocenters. The molecule has 1 aromatic rings. The molecule has 0 bridgehead atoms. The molecule has 2 nitrogen and oxygen atoms in total. The van der Waals surface area contributed by atoms with Crippen LogP contribution in [0, 0.1) is 0 Å². The van der Waals surface area contributed by atoms with Gasteiger partial charge in [0, 0.05) is 16.9 Å². The summed E-state index contributed by atoms with van der Waals surface area (Å²) in [7, 11) is 1.73. The molecule has 82 valence electrons. The zero-order chi connectivity index (χ0) is 10.9. The molecule has 0 spiro atoms. The molecule has 0 amide bonds. The van der Waals surface area contributed by atoms with Gasteiger partial charge in [-0.2, -0.15) is 0 Å². The summed E-state index contributed by atoms with van der Waals surface area (Å²) in [6.07, 6.45) is 0. The van der Waals surface area contributed by atoms with Crippen LogP contribution in [0.4, 0.5) is 0 Å². The lowest BCUT2D eigenvalue weighted by Crippen LogP contribution is -2.35. The van der Waals surface area contributed by atoms with Gasteiger partial charge in [-0.05, 0) is 19.9 Å². The Morgan fingerprint density at radius 2 is 2.13 bits per heavy atom. The van der Waals surface area contributed by atoms with E-state index in [4.69, 9.17) is 4.74 Å². The number of rotatable bonds is 2. The SMILES string of the molecule is COc1ccccc1C1NC(C)(C)CS1. The van der Waals surface area contributed by atoms with Crippen LogP contribution in [0.5, 0.6) is 5.75 Å². The Hall–Kier alpha value is -0.670. The number of ether oxygens (including phenoxy) is 1. The van der Waals surface area contributed by atoms with Gasteiger partial charge in [-0.15, -0.1) is 11.8 Å². The average molecular weight is 223 g/mol. The van der Waals surface area contributed by atoms with E-state index in [2.05, 4.69) is 31.3 Å². The van der Waals surface area contributed by atoms with Crippen molar-refractivity contribution in [3.05, 3.63) is 29.8 Å². The molecule has 1 aliphatic rings. The van der Waals surface area contributed by atoms with Crippen molar-refractivity contribution in [3.8, 4) is 5.75 Å². The van der Waals surface area contributed by atoms with Gasteiger partial charge in [0.15, 0.2) is 0 Å². The molecular weight excluding hydrogens is 206 g/mol. The van der Waals surface area contributed by atoms with Gasteiger partial charge in [-0.1, -0.05) is 18.2 Å². The first-order valence-electron chi connectivity index (χ1n) is 5.15. The van der Waals surface area contributed by atoms with Crippen LogP contribution in [0.15, 0.2) is 24.3 Å². The van der Waals surface area contributed by atoms with Crippen molar-refractivity contribution >= 4 is 11.8 Å². The van der Waals surface area contributed by atoms with E-state index < -0.39 is 0 Å². The normalized spacial score (nSPS) is 24.1. The Bertz CT molecular complexity index is 351. The highest BCUT2D eigenvalue weighted by molar-refractivity contribution is 7.99. The zero-order valence-corrected chi connectivity index (χ0v) is 10.2. The lowest BCUT2D eigenvalue weighted by molar-refractivity contribution is 0.399. The van der Waals surface area contributed by atoms with Gasteiger partial charge in [-0.3, -0.25) is 5.32 Å². The van der Waals surface area contributed by atoms with Gasteiger partial charge in [0.2, 0.25) is 0 Å². The third-order valence-electron chi connectivity index (χ3n) is 2.55. The zero-order valence-electron chi connectivity index (χ0n) is 9.41. The van der Waals surface area contributed by atoms with Crippen molar-refractivity contribution in [2.24, 2.45) is 0 Å². The fraction of sp³-hybridized carbons (Fsp3) is 0.500. The predicted octanol–water partition coefficient (Wildman–Crippen LogP) is 2.81. The summed E-state index contributed by atoms with van der Waals surface area (Å²) in [5.74, 6) is 2.11. The molecule has 1 saturated heterocycles. The molecule has 0 aromatic heterocycles. The van der Waals surface area contributed by atoms with E-state index >= 15 is 0 Å². The largest absolute Gasteiger partial charge is 0.496 e. The third kappa shape index (κ3) is 2.29. The molecular formula is C12H17NOS. The molecule has 0 aliphatic carbocycles. The summed E-state index contributed by atoms with van der Waals surface area (Å²) >= 11 is 1.94. The lowest BCUT2D eigenvalue weighted by atomic mass is 10.1. The van der Waals surface area contributed by atoms with Gasteiger partial charge < -0.3 is 4.74 Å². The van der Waals surface area contributed by atoms with E-state index in [-0.39, 0.29) is 5.54 Å². The van der Waals surface area contributed by atoms with Crippen LogP contribution < -0.4 is 10.1 Å². The first-order valence-corrected chi connectivity index (χ1v) is 6.19. The Morgan fingerprint density at radius 3 is 2.73 bits per heavy atom. The first kappa shape index (κ1) is 10.8. The van der Waals surface area contributed by atoms with Gasteiger partial charge in [0.25, 0.3) is 0 Å². The van der Waals surface area contributed by atoms with E-state index in [1.807, 2.05) is 23.9 Å². The molecule has 1 aromatic carbocycles. The lowest BCUT2D eigenvalue weighted by Gasteiger charge is -2.20. The van der Waals surface area contributed by atoms with Crippen molar-refractivity contribution in [2.75, 3.05) is 12.9 Å². The van der Waals surface area contributed by atoms with Crippen molar-refractivity contribution < 1.29 is 4.74 Å². The second-order valence-electron chi connectivity index (χ2n) is 4.46. The average Bonchev–Trinajstić information content (AvgIpc) is 2.59. The van der Waals surface area contributed by atoms with E-state index in [0.29, 0.717) is 5.37 Å². The predicted molar refractivity (Wildman–Crippen MR) is 65.4 cm³/mol. The van der Waals surface area contributed by atoms with E-state index in [1.165, 1.54) is 5.56 Å². The summed E-state index contributed by atoms with van der Waals surface area (Å²) in [5.41, 5.74) is 1.46. The third-order valence-corrected chi connectivity index (χ3v) is 4.15. The monoisotopic (exact) mass is 223 g/mol. The maximum atomic E-state index is 5.37. The summed E-state index contributed by atoms with van der Waals surface area (Å²) in [6, 6.07) is 8.21. The molecule has 1 aliphatic heterocycles. The molecule has 3 heteroatoms. The maximum absolute atomic E-state index is 5.37. The van der Waals surface area contributed by atoms with E-state index in [1.54, 1.807) is 7.11 Å². The molecule has 1 N–H and O–H groups in total. The van der Waals surface area contributed by atoms with E-state index in [0.717, 1.165) is 11.5 Å². The highest BCUT2D eigenvalue weighted by atomic mass is 32.2. The smallest absolute Gasteiger partial charge is 0.124 e. The van der Waals surface area contributed by atoms with Gasteiger partial charge in [0.1, 0.15) is 5.75 Å². The van der Waals surface area contributed by atoms with Crippen molar-refractivity contribution in [1.82, 2.24) is 5.32 Å². The Kier molecular flexibility index (Phi) is 2.94. The Balaban J connectivity index is 2.23. The maximum Gasteiger partial charge on any atom is 0.124 e. The molecule has 0 saturated carbocycles. The minimum Gasteiger partial charge on any atom is -0.496 e. The van der Waals surface area contributed by atoms with Crippen LogP contribution in [0.1, 0.15) is 24.8 Å². The van der Waals surface area contributed by atoms with Crippen molar-refractivity contribution in [2.45, 2.75) is 24.8 Å². The summed E-state index contributed by atoms with van der Waals surface area (Å²) in [4.78, 5) is 0. The summed E-state index contributed by atoms with van der Waals surface area (Å²) in [6.45, 7) is 4.46. The van der Waals surface area contributed by atoms with Crippen LogP contribution >= 0.6 is 11.8 Å². The molecule has 1 fully saturated rings. The number of nitrogens with one attached hydrogen (secondary N) is 1. The molecule has 1 atom stereocenters. The quantitative estimate of drug-likeness (QED) is 0.833. The van der Waals surface area contributed by atoms with Crippen LogP contribution in [0.2, 0.25) is 0 Å². The minimum absolute atomic E-state index is 0.218. The minimum atomic E-state index is 0.218. The molecule has 1 heterocycles. The Morgan fingerprint density at radius 1 is 1.40 bits per heavy atom. The number of benzene rings is 1. The number of thioether (sulfide) groups is 1. The molecule has 15 heavy (non-hydrogen) atoms. The van der Waals surface area contributed by atoms with Crippen LogP contribution in [-0.4, -0.2) is 18.4 Å². The first-order chi connectivity index (χ1) is 7.12. The van der Waals surface area contributed by atoms with Crippen LogP contribution in [0.25, 0.3) is 0 Å². The highest BCUT2D eigenvalue weighted by Gasteiger charge is 2.32. The topological polar surface area (TPSA) is 21.3 Å². The second-order valence-corrected chi connectivity index (χ2v) is 5.55. The number of para-hydroxylation sites is 1. The van der Waals surface area contributed by atoms with Crippen LogP contribution in [0.3, 0.4) is 0 Å². The van der Waals surface area contributed by atoms with E-state index in [9.17, 15) is 0 Å². The molecule has 0 radical (unpaired) electrons. The fourth-order valence-electron chi connectivity index (χ4n) is 1.78. The van der Waals surface area contributed by atoms with Gasteiger partial charge >= 0.3 is 0 Å². The highest BCUT2D eigenvalue weighted by Crippen LogP contribution is 2.40. The van der Waals surface area contributed by atoms with Gasteiger partial charge in [0.05, 0.1) is 12.5 Å². The number of hydrogen-bond donors (Lipinski definition) is 1. The van der Waals surface area contributed by atoms with Gasteiger partial charge in [-0.25, -0.2) is 0 Å². The second kappa shape index (κ2) is 4.06. The fourth-order valence-corrected chi connectivity index (χ4v) is 3.22. The Labute approximate surface area is 95.4 Å². The number of hydrogen-bond acceptors (Lipinski definition) is 3. The number of methoxy groups -OCH3 is 1. The van der Waals surface area contributed by atoms with Crippen LogP contribution in [-0.2, 0) is 0 Å².